The summed E-state index contributed by atoms with van der Waals surface area (Å²) in [6.07, 6.45) is 2.53. The Kier molecular flexibility index (Phi) is 3.63. The van der Waals surface area contributed by atoms with Crippen molar-refractivity contribution in [3.05, 3.63) is 0 Å². The van der Waals surface area contributed by atoms with Crippen LogP contribution < -0.4 is 5.73 Å². The quantitative estimate of drug-likeness (QED) is 0.657. The number of nitrogens with zero attached hydrogens (tertiary/aromatic N) is 1. The van der Waals surface area contributed by atoms with Gasteiger partial charge in [-0.3, -0.25) is 4.79 Å². The number of rotatable bonds is 3. The van der Waals surface area contributed by atoms with E-state index in [4.69, 9.17) is 5.73 Å². The predicted molar refractivity (Wildman–Crippen MR) is 53.6 cm³/mol. The largest absolute Gasteiger partial charge is 0.332 e. The van der Waals surface area contributed by atoms with Gasteiger partial charge in [0.25, 0.3) is 0 Å². The lowest BCUT2D eigenvalue weighted by molar-refractivity contribution is -0.136. The number of carbonyl (C=O) groups is 2. The van der Waals surface area contributed by atoms with Crippen molar-refractivity contribution in [1.82, 2.24) is 4.90 Å². The first-order valence-electron chi connectivity index (χ1n) is 5.09. The summed E-state index contributed by atoms with van der Waals surface area (Å²) >= 11 is 0. The fourth-order valence-electron chi connectivity index (χ4n) is 1.68. The minimum absolute atomic E-state index is 0.0883. The van der Waals surface area contributed by atoms with Crippen molar-refractivity contribution in [2.75, 3.05) is 6.54 Å². The van der Waals surface area contributed by atoms with Crippen LogP contribution in [0.3, 0.4) is 0 Å². The van der Waals surface area contributed by atoms with Gasteiger partial charge in [-0.2, -0.15) is 0 Å². The Labute approximate surface area is 84.4 Å². The van der Waals surface area contributed by atoms with Gasteiger partial charge in [0.05, 0.1) is 12.1 Å². The molecule has 2 N–H and O–H groups in total. The fourth-order valence-corrected chi connectivity index (χ4v) is 1.68. The second kappa shape index (κ2) is 4.55. The number of amides is 1. The van der Waals surface area contributed by atoms with Gasteiger partial charge in [-0.15, -0.1) is 0 Å². The Morgan fingerprint density at radius 2 is 2.21 bits per heavy atom. The minimum atomic E-state index is -0.476. The molecule has 1 aliphatic rings. The van der Waals surface area contributed by atoms with E-state index in [1.165, 1.54) is 0 Å². The van der Waals surface area contributed by atoms with Crippen LogP contribution in [-0.4, -0.2) is 35.7 Å². The zero-order chi connectivity index (χ0) is 10.7. The summed E-state index contributed by atoms with van der Waals surface area (Å²) in [5.41, 5.74) is 5.75. The fraction of sp³-hybridized carbons (Fsp3) is 0.800. The summed E-state index contributed by atoms with van der Waals surface area (Å²) in [7, 11) is 0. The molecule has 0 spiro atoms. The summed E-state index contributed by atoms with van der Waals surface area (Å²) < 4.78 is 0. The lowest BCUT2D eigenvalue weighted by Crippen LogP contribution is -2.48. The van der Waals surface area contributed by atoms with Crippen LogP contribution in [0.1, 0.15) is 26.7 Å². The van der Waals surface area contributed by atoms with E-state index in [0.717, 1.165) is 19.1 Å². The molecule has 80 valence electrons. The molecule has 0 aliphatic carbocycles. The average Bonchev–Trinajstić information content (AvgIpc) is 2.62. The number of nitrogens with two attached hydrogens (primary N) is 1. The van der Waals surface area contributed by atoms with Crippen molar-refractivity contribution in [3.63, 3.8) is 0 Å². The van der Waals surface area contributed by atoms with Crippen LogP contribution in [0.5, 0.6) is 0 Å². The van der Waals surface area contributed by atoms with Crippen molar-refractivity contribution >= 4 is 12.2 Å². The van der Waals surface area contributed by atoms with Gasteiger partial charge < -0.3 is 15.4 Å². The van der Waals surface area contributed by atoms with E-state index >= 15 is 0 Å². The molecule has 0 radical (unpaired) electrons. The molecule has 1 fully saturated rings. The van der Waals surface area contributed by atoms with E-state index in [1.807, 2.05) is 13.8 Å². The zero-order valence-corrected chi connectivity index (χ0v) is 8.77. The highest BCUT2D eigenvalue weighted by Gasteiger charge is 2.32. The monoisotopic (exact) mass is 198 g/mol. The summed E-state index contributed by atoms with van der Waals surface area (Å²) in [4.78, 5) is 24.1. The van der Waals surface area contributed by atoms with Crippen LogP contribution in [0.15, 0.2) is 0 Å². The van der Waals surface area contributed by atoms with Gasteiger partial charge in [0.1, 0.15) is 6.29 Å². The Morgan fingerprint density at radius 3 is 2.71 bits per heavy atom. The molecule has 1 rings (SSSR count). The Balaban J connectivity index is 2.64. The van der Waals surface area contributed by atoms with E-state index in [1.54, 1.807) is 4.90 Å². The van der Waals surface area contributed by atoms with E-state index in [9.17, 15) is 9.59 Å². The molecule has 1 aliphatic heterocycles. The first-order chi connectivity index (χ1) is 6.57. The maximum Gasteiger partial charge on any atom is 0.240 e. The van der Waals surface area contributed by atoms with Gasteiger partial charge in [-0.05, 0) is 18.8 Å². The van der Waals surface area contributed by atoms with Gasteiger partial charge in [0.15, 0.2) is 0 Å². The standard InChI is InChI=1S/C10H18N2O2/c1-7(2)9(11)10(14)12-5-3-4-8(12)6-13/h6-9H,3-5,11H2,1-2H3/t8?,9-/m0/s1. The number of hydrogen-bond acceptors (Lipinski definition) is 3. The molecule has 0 aromatic heterocycles. The lowest BCUT2D eigenvalue weighted by atomic mass is 10.0. The Bertz CT molecular complexity index is 228. The highest BCUT2D eigenvalue weighted by atomic mass is 16.2. The summed E-state index contributed by atoms with van der Waals surface area (Å²) in [5, 5.41) is 0. The second-order valence-electron chi connectivity index (χ2n) is 4.15. The molecule has 1 amide bonds. The summed E-state index contributed by atoms with van der Waals surface area (Å²) in [5.74, 6) is 0.0324. The molecule has 0 aromatic carbocycles. The predicted octanol–water partition coefficient (Wildman–Crippen LogP) is 0.160. The van der Waals surface area contributed by atoms with Crippen molar-refractivity contribution in [2.24, 2.45) is 11.7 Å². The van der Waals surface area contributed by atoms with Crippen LogP contribution in [-0.2, 0) is 9.59 Å². The number of hydrogen-bond donors (Lipinski definition) is 1. The number of likely N-dealkylation sites (tertiary alicyclic amines) is 1. The van der Waals surface area contributed by atoms with Crippen LogP contribution >= 0.6 is 0 Å². The molecule has 14 heavy (non-hydrogen) atoms. The van der Waals surface area contributed by atoms with Crippen LogP contribution in [0.25, 0.3) is 0 Å². The first kappa shape index (κ1) is 11.2. The molecule has 0 bridgehead atoms. The second-order valence-corrected chi connectivity index (χ2v) is 4.15. The van der Waals surface area contributed by atoms with Crippen molar-refractivity contribution in [3.8, 4) is 0 Å². The summed E-state index contributed by atoms with van der Waals surface area (Å²) in [6.45, 7) is 4.49. The molecule has 0 saturated carbocycles. The maximum atomic E-state index is 11.8. The number of aldehydes is 1. The highest BCUT2D eigenvalue weighted by molar-refractivity contribution is 5.85. The molecule has 1 heterocycles. The molecule has 4 heteroatoms. The van der Waals surface area contributed by atoms with Gasteiger partial charge in [-0.1, -0.05) is 13.8 Å². The van der Waals surface area contributed by atoms with Crippen LogP contribution in [0.2, 0.25) is 0 Å². The smallest absolute Gasteiger partial charge is 0.240 e. The zero-order valence-electron chi connectivity index (χ0n) is 8.77. The molecular formula is C10H18N2O2. The molecule has 4 nitrogen and oxygen atoms in total. The van der Waals surface area contributed by atoms with Gasteiger partial charge >= 0.3 is 0 Å². The third kappa shape index (κ3) is 2.12. The lowest BCUT2D eigenvalue weighted by Gasteiger charge is -2.25. The van der Waals surface area contributed by atoms with E-state index < -0.39 is 6.04 Å². The molecule has 2 atom stereocenters. The van der Waals surface area contributed by atoms with Crippen molar-refractivity contribution in [1.29, 1.82) is 0 Å². The Hall–Kier alpha value is -0.900. The van der Waals surface area contributed by atoms with Crippen LogP contribution in [0, 0.1) is 5.92 Å². The van der Waals surface area contributed by atoms with Gasteiger partial charge in [0.2, 0.25) is 5.91 Å². The van der Waals surface area contributed by atoms with E-state index in [-0.39, 0.29) is 17.9 Å². The topological polar surface area (TPSA) is 63.4 Å². The molecule has 1 unspecified atom stereocenters. The molecule has 1 saturated heterocycles. The number of carbonyl (C=O) groups excluding carboxylic acids is 2. The SMILES string of the molecule is CC(C)[C@H](N)C(=O)N1CCCC1C=O. The van der Waals surface area contributed by atoms with Crippen molar-refractivity contribution in [2.45, 2.75) is 38.8 Å². The maximum absolute atomic E-state index is 11.8. The average molecular weight is 198 g/mol. The summed E-state index contributed by atoms with van der Waals surface area (Å²) in [6, 6.07) is -0.720. The van der Waals surface area contributed by atoms with E-state index in [2.05, 4.69) is 0 Å². The third-order valence-electron chi connectivity index (χ3n) is 2.74. The van der Waals surface area contributed by atoms with E-state index in [0.29, 0.717) is 6.54 Å². The van der Waals surface area contributed by atoms with Crippen LogP contribution in [0.4, 0.5) is 0 Å². The Morgan fingerprint density at radius 1 is 1.57 bits per heavy atom. The van der Waals surface area contributed by atoms with Gasteiger partial charge in [-0.25, -0.2) is 0 Å². The normalized spacial score (nSPS) is 24.0. The third-order valence-corrected chi connectivity index (χ3v) is 2.74. The highest BCUT2D eigenvalue weighted by Crippen LogP contribution is 2.17. The molecular weight excluding hydrogens is 180 g/mol. The first-order valence-corrected chi connectivity index (χ1v) is 5.09. The van der Waals surface area contributed by atoms with Crippen molar-refractivity contribution < 1.29 is 9.59 Å². The minimum Gasteiger partial charge on any atom is -0.332 e. The molecule has 0 aromatic rings. The van der Waals surface area contributed by atoms with Gasteiger partial charge in [0, 0.05) is 6.54 Å².